The van der Waals surface area contributed by atoms with Crippen molar-refractivity contribution in [3.05, 3.63) is 18.0 Å². The molecule has 2 heterocycles. The fourth-order valence-corrected chi connectivity index (χ4v) is 1.78. The zero-order valence-corrected chi connectivity index (χ0v) is 7.64. The predicted octanol–water partition coefficient (Wildman–Crippen LogP) is 0.962. The molecule has 1 aromatic rings. The summed E-state index contributed by atoms with van der Waals surface area (Å²) in [6, 6.07) is 0. The van der Waals surface area contributed by atoms with Gasteiger partial charge in [0, 0.05) is 18.4 Å². The van der Waals surface area contributed by atoms with Crippen LogP contribution in [0.4, 0.5) is 0 Å². The van der Waals surface area contributed by atoms with Crippen molar-refractivity contribution in [3.8, 4) is 0 Å². The molecule has 5 nitrogen and oxygen atoms in total. The number of hydrogen-bond acceptors (Lipinski definition) is 3. The minimum absolute atomic E-state index is 0.347. The molecule has 1 aliphatic heterocycles. The van der Waals surface area contributed by atoms with E-state index in [1.54, 1.807) is 12.4 Å². The van der Waals surface area contributed by atoms with Gasteiger partial charge in [-0.1, -0.05) is 0 Å². The highest BCUT2D eigenvalue weighted by atomic mass is 16.5. The van der Waals surface area contributed by atoms with E-state index in [1.807, 2.05) is 0 Å². The summed E-state index contributed by atoms with van der Waals surface area (Å²) in [7, 11) is 0. The highest BCUT2D eigenvalue weighted by molar-refractivity contribution is 5.71. The van der Waals surface area contributed by atoms with E-state index >= 15 is 0 Å². The van der Waals surface area contributed by atoms with Crippen molar-refractivity contribution in [1.82, 2.24) is 10.2 Å². The lowest BCUT2D eigenvalue weighted by Crippen LogP contribution is -2.28. The van der Waals surface area contributed by atoms with Crippen LogP contribution in [0.3, 0.4) is 0 Å². The molecule has 1 fully saturated rings. The lowest BCUT2D eigenvalue weighted by atomic mass is 9.91. The largest absolute Gasteiger partial charge is 0.481 e. The molecule has 0 spiro atoms. The van der Waals surface area contributed by atoms with Crippen molar-refractivity contribution in [2.24, 2.45) is 5.92 Å². The Labute approximate surface area is 81.1 Å². The summed E-state index contributed by atoms with van der Waals surface area (Å²) in [4.78, 5) is 10.9. The third-order valence-corrected chi connectivity index (χ3v) is 2.49. The summed E-state index contributed by atoms with van der Waals surface area (Å²) in [6.45, 7) is 0.625. The lowest BCUT2D eigenvalue weighted by Gasteiger charge is -2.27. The second-order valence-corrected chi connectivity index (χ2v) is 3.41. The first-order valence-electron chi connectivity index (χ1n) is 4.62. The van der Waals surface area contributed by atoms with Crippen molar-refractivity contribution in [3.63, 3.8) is 0 Å². The van der Waals surface area contributed by atoms with Gasteiger partial charge in [-0.05, 0) is 12.8 Å². The van der Waals surface area contributed by atoms with Crippen LogP contribution in [-0.4, -0.2) is 27.9 Å². The number of aromatic amines is 1. The van der Waals surface area contributed by atoms with Crippen LogP contribution in [0.2, 0.25) is 0 Å². The maximum absolute atomic E-state index is 10.9. The van der Waals surface area contributed by atoms with Gasteiger partial charge in [0.25, 0.3) is 0 Å². The molecule has 1 aliphatic rings. The van der Waals surface area contributed by atoms with Gasteiger partial charge >= 0.3 is 5.97 Å². The van der Waals surface area contributed by atoms with Crippen LogP contribution in [0.15, 0.2) is 12.4 Å². The molecule has 0 aromatic carbocycles. The molecule has 2 N–H and O–H groups in total. The smallest absolute Gasteiger partial charge is 0.309 e. The zero-order chi connectivity index (χ0) is 9.97. The maximum atomic E-state index is 10.9. The summed E-state index contributed by atoms with van der Waals surface area (Å²) in [5.41, 5.74) is 0.817. The number of nitrogens with zero attached hydrogens (tertiary/aromatic N) is 1. The van der Waals surface area contributed by atoms with Crippen LogP contribution in [0.25, 0.3) is 0 Å². The number of H-pyrrole nitrogens is 1. The Morgan fingerprint density at radius 3 is 3.21 bits per heavy atom. The van der Waals surface area contributed by atoms with Crippen LogP contribution in [-0.2, 0) is 9.53 Å². The molecule has 2 atom stereocenters. The molecule has 0 radical (unpaired) electrons. The van der Waals surface area contributed by atoms with E-state index in [2.05, 4.69) is 10.2 Å². The van der Waals surface area contributed by atoms with E-state index in [-0.39, 0.29) is 6.10 Å². The first kappa shape index (κ1) is 9.21. The number of nitrogens with one attached hydrogen (secondary N) is 1. The first-order chi connectivity index (χ1) is 6.79. The second-order valence-electron chi connectivity index (χ2n) is 3.41. The Hall–Kier alpha value is -1.36. The predicted molar refractivity (Wildman–Crippen MR) is 47.6 cm³/mol. The number of carboxylic acid groups (broad SMARTS) is 1. The van der Waals surface area contributed by atoms with E-state index in [9.17, 15) is 4.79 Å². The molecule has 2 rings (SSSR count). The third kappa shape index (κ3) is 1.63. The Balaban J connectivity index is 2.18. The fourth-order valence-electron chi connectivity index (χ4n) is 1.78. The summed E-state index contributed by atoms with van der Waals surface area (Å²) < 4.78 is 5.46. The molecule has 0 bridgehead atoms. The molecule has 5 heteroatoms. The Morgan fingerprint density at radius 2 is 2.57 bits per heavy atom. The molecule has 14 heavy (non-hydrogen) atoms. The molecule has 1 saturated heterocycles. The minimum atomic E-state index is -0.795. The topological polar surface area (TPSA) is 75.2 Å². The number of aliphatic carboxylic acids is 1. The van der Waals surface area contributed by atoms with Gasteiger partial charge < -0.3 is 9.84 Å². The molecular formula is C9H12N2O3. The lowest BCUT2D eigenvalue weighted by molar-refractivity contribution is -0.151. The zero-order valence-electron chi connectivity index (χ0n) is 7.64. The van der Waals surface area contributed by atoms with Crippen LogP contribution in [0.1, 0.15) is 24.5 Å². The number of aromatic nitrogens is 2. The number of hydrogen-bond donors (Lipinski definition) is 2. The van der Waals surface area contributed by atoms with Gasteiger partial charge in [0.05, 0.1) is 18.2 Å². The van der Waals surface area contributed by atoms with E-state index in [0.29, 0.717) is 13.0 Å². The standard InChI is InChI=1S/C9H12N2O3/c12-9(13)7-2-1-3-14-8(7)6-4-10-11-5-6/h4-5,7-8H,1-3H2,(H,10,11)(H,12,13)/t7-,8+/m1/s1. The van der Waals surface area contributed by atoms with Gasteiger partial charge in [0.1, 0.15) is 0 Å². The highest BCUT2D eigenvalue weighted by Gasteiger charge is 2.33. The second kappa shape index (κ2) is 3.79. The summed E-state index contributed by atoms with van der Waals surface area (Å²) in [5, 5.41) is 15.5. The number of rotatable bonds is 2. The van der Waals surface area contributed by atoms with Crippen LogP contribution in [0, 0.1) is 5.92 Å². The van der Waals surface area contributed by atoms with Gasteiger partial charge in [-0.2, -0.15) is 5.10 Å². The Kier molecular flexibility index (Phi) is 2.49. The van der Waals surface area contributed by atoms with Crippen LogP contribution in [0.5, 0.6) is 0 Å². The van der Waals surface area contributed by atoms with Crippen molar-refractivity contribution >= 4 is 5.97 Å². The van der Waals surface area contributed by atoms with E-state index in [1.165, 1.54) is 0 Å². The summed E-state index contributed by atoms with van der Waals surface area (Å²) in [6.07, 6.45) is 4.44. The van der Waals surface area contributed by atoms with Crippen LogP contribution < -0.4 is 0 Å². The van der Waals surface area contributed by atoms with Gasteiger partial charge in [-0.15, -0.1) is 0 Å². The van der Waals surface area contributed by atoms with Crippen molar-refractivity contribution in [2.45, 2.75) is 18.9 Å². The Bertz CT molecular complexity index is 310. The molecule has 0 unspecified atom stereocenters. The average Bonchev–Trinajstić information content (AvgIpc) is 2.70. The van der Waals surface area contributed by atoms with E-state index in [4.69, 9.17) is 9.84 Å². The molecular weight excluding hydrogens is 184 g/mol. The minimum Gasteiger partial charge on any atom is -0.481 e. The van der Waals surface area contributed by atoms with Crippen molar-refractivity contribution < 1.29 is 14.6 Å². The van der Waals surface area contributed by atoms with Crippen molar-refractivity contribution in [1.29, 1.82) is 0 Å². The third-order valence-electron chi connectivity index (χ3n) is 2.49. The van der Waals surface area contributed by atoms with Crippen LogP contribution >= 0.6 is 0 Å². The van der Waals surface area contributed by atoms with E-state index in [0.717, 1.165) is 12.0 Å². The monoisotopic (exact) mass is 196 g/mol. The van der Waals surface area contributed by atoms with Gasteiger partial charge in [0.15, 0.2) is 0 Å². The van der Waals surface area contributed by atoms with Gasteiger partial charge in [-0.3, -0.25) is 9.89 Å². The summed E-state index contributed by atoms with van der Waals surface area (Å²) >= 11 is 0. The number of carboxylic acids is 1. The molecule has 0 saturated carbocycles. The summed E-state index contributed by atoms with van der Waals surface area (Å²) in [5.74, 6) is -1.24. The first-order valence-corrected chi connectivity index (χ1v) is 4.62. The van der Waals surface area contributed by atoms with Gasteiger partial charge in [-0.25, -0.2) is 0 Å². The highest BCUT2D eigenvalue weighted by Crippen LogP contribution is 2.33. The molecule has 0 aliphatic carbocycles. The van der Waals surface area contributed by atoms with Crippen molar-refractivity contribution in [2.75, 3.05) is 6.61 Å². The Morgan fingerprint density at radius 1 is 1.71 bits per heavy atom. The molecule has 1 aromatic heterocycles. The fraction of sp³-hybridized carbons (Fsp3) is 0.556. The molecule has 76 valence electrons. The van der Waals surface area contributed by atoms with Gasteiger partial charge in [0.2, 0.25) is 0 Å². The van der Waals surface area contributed by atoms with E-state index < -0.39 is 11.9 Å². The molecule has 0 amide bonds. The normalized spacial score (nSPS) is 27.4. The number of carbonyl (C=O) groups is 1. The average molecular weight is 196 g/mol. The SMILES string of the molecule is O=C(O)[C@@H]1CCCO[C@H]1c1cn[nH]c1. The quantitative estimate of drug-likeness (QED) is 0.738. The maximum Gasteiger partial charge on any atom is 0.309 e. The number of ether oxygens (including phenoxy) is 1.